The van der Waals surface area contributed by atoms with E-state index in [1.807, 2.05) is 13.8 Å². The minimum atomic E-state index is -5.08. The summed E-state index contributed by atoms with van der Waals surface area (Å²) < 4.78 is 62.9. The Bertz CT molecular complexity index is 1480. The summed E-state index contributed by atoms with van der Waals surface area (Å²) in [6, 6.07) is 5.06. The summed E-state index contributed by atoms with van der Waals surface area (Å²) in [7, 11) is -3.74. The van der Waals surface area contributed by atoms with Crippen LogP contribution in [-0.4, -0.2) is 62.0 Å². The van der Waals surface area contributed by atoms with Crippen LogP contribution in [-0.2, 0) is 14.8 Å². The average molecular weight is 557 g/mol. The highest BCUT2D eigenvalue weighted by Crippen LogP contribution is 2.60. The van der Waals surface area contributed by atoms with Gasteiger partial charge in [0.1, 0.15) is 6.33 Å². The largest absolute Gasteiger partial charge is 0.490 e. The molecule has 1 aromatic carbocycles. The molecule has 0 radical (unpaired) electrons. The van der Waals surface area contributed by atoms with Gasteiger partial charge in [-0.3, -0.25) is 0 Å². The van der Waals surface area contributed by atoms with Gasteiger partial charge < -0.3 is 15.9 Å². The molecule has 0 amide bonds. The minimum Gasteiger partial charge on any atom is -0.475 e. The number of halogens is 3. The van der Waals surface area contributed by atoms with E-state index in [0.29, 0.717) is 29.7 Å². The second kappa shape index (κ2) is 9.47. The number of carboxylic acid groups (broad SMARTS) is 1. The Kier molecular flexibility index (Phi) is 6.91. The van der Waals surface area contributed by atoms with Crippen LogP contribution in [0.15, 0.2) is 35.6 Å². The van der Waals surface area contributed by atoms with Gasteiger partial charge in [0.2, 0.25) is 10.0 Å². The SMILES string of the molecule is Cc1ccc(S(=O)(=O)NC23CCCC(C(C)O)(C2)C3)cc1-c1cnc2c(N)ncnn12.O=C(O)C(F)(F)F. The number of hydrogen-bond acceptors (Lipinski definition) is 8. The van der Waals surface area contributed by atoms with Crippen LogP contribution in [0.5, 0.6) is 0 Å². The minimum absolute atomic E-state index is 0.157. The highest BCUT2D eigenvalue weighted by molar-refractivity contribution is 7.89. The van der Waals surface area contributed by atoms with Crippen LogP contribution in [0.3, 0.4) is 0 Å². The van der Waals surface area contributed by atoms with Crippen LogP contribution in [0.4, 0.5) is 19.0 Å². The maximum atomic E-state index is 13.3. The third-order valence-electron chi connectivity index (χ3n) is 7.32. The van der Waals surface area contributed by atoms with E-state index in [4.69, 9.17) is 15.6 Å². The molecule has 3 fully saturated rings. The van der Waals surface area contributed by atoms with Crippen LogP contribution in [0.25, 0.3) is 16.9 Å². The van der Waals surface area contributed by atoms with E-state index >= 15 is 0 Å². The van der Waals surface area contributed by atoms with Crippen LogP contribution < -0.4 is 10.5 Å². The predicted octanol–water partition coefficient (Wildman–Crippen LogP) is 2.68. The number of sulfonamides is 1. The van der Waals surface area contributed by atoms with Crippen molar-refractivity contribution in [1.29, 1.82) is 0 Å². The van der Waals surface area contributed by atoms with E-state index in [1.54, 1.807) is 28.9 Å². The summed E-state index contributed by atoms with van der Waals surface area (Å²) in [5, 5.41) is 21.5. The molecule has 3 aliphatic carbocycles. The van der Waals surface area contributed by atoms with Crippen molar-refractivity contribution in [2.24, 2.45) is 5.41 Å². The van der Waals surface area contributed by atoms with E-state index in [9.17, 15) is 26.7 Å². The Labute approximate surface area is 216 Å². The fourth-order valence-corrected chi connectivity index (χ4v) is 6.92. The molecular weight excluding hydrogens is 529 g/mol. The Morgan fingerprint density at radius 2 is 1.89 bits per heavy atom. The van der Waals surface area contributed by atoms with Gasteiger partial charge in [-0.1, -0.05) is 12.5 Å². The number of nitrogens with one attached hydrogen (secondary N) is 1. The number of carboxylic acids is 1. The fourth-order valence-electron chi connectivity index (χ4n) is 5.46. The summed E-state index contributed by atoms with van der Waals surface area (Å²) in [5.41, 5.74) is 7.93. The number of nitrogen functional groups attached to an aromatic ring is 1. The number of aromatic nitrogens is 4. The Balaban J connectivity index is 0.000000426. The van der Waals surface area contributed by atoms with Gasteiger partial charge in [0.25, 0.3) is 0 Å². The molecule has 2 bridgehead atoms. The molecule has 0 spiro atoms. The predicted molar refractivity (Wildman–Crippen MR) is 129 cm³/mol. The van der Waals surface area contributed by atoms with Gasteiger partial charge in [0, 0.05) is 11.1 Å². The number of benzene rings is 1. The first kappa shape index (κ1) is 27.7. The smallest absolute Gasteiger partial charge is 0.475 e. The third kappa shape index (κ3) is 5.05. The summed E-state index contributed by atoms with van der Waals surface area (Å²) in [6.07, 6.45) is 1.47. The fraction of sp³-hybridized carbons (Fsp3) is 0.478. The number of aliphatic hydroxyl groups excluding tert-OH is 1. The zero-order valence-corrected chi connectivity index (χ0v) is 21.3. The third-order valence-corrected chi connectivity index (χ3v) is 8.89. The van der Waals surface area contributed by atoms with E-state index in [1.165, 1.54) is 6.33 Å². The molecule has 2 heterocycles. The number of aliphatic hydroxyl groups is 1. The molecule has 2 aromatic heterocycles. The number of carbonyl (C=O) groups is 1. The molecule has 0 saturated heterocycles. The van der Waals surface area contributed by atoms with E-state index in [-0.39, 0.29) is 16.1 Å². The summed E-state index contributed by atoms with van der Waals surface area (Å²) in [5.74, 6) is -2.50. The normalized spacial score (nSPS) is 23.7. The maximum Gasteiger partial charge on any atom is 0.490 e. The second-order valence-corrected chi connectivity index (χ2v) is 11.6. The van der Waals surface area contributed by atoms with E-state index < -0.39 is 33.8 Å². The summed E-state index contributed by atoms with van der Waals surface area (Å²) >= 11 is 0. The van der Waals surface area contributed by atoms with Crippen LogP contribution in [0.2, 0.25) is 0 Å². The van der Waals surface area contributed by atoms with Crippen molar-refractivity contribution in [1.82, 2.24) is 24.3 Å². The van der Waals surface area contributed by atoms with Crippen LogP contribution in [0.1, 0.15) is 44.6 Å². The zero-order chi connectivity index (χ0) is 28.1. The molecule has 3 aromatic rings. The molecule has 3 aliphatic rings. The number of anilines is 1. The van der Waals surface area contributed by atoms with Crippen molar-refractivity contribution in [3.63, 3.8) is 0 Å². The Morgan fingerprint density at radius 1 is 1.24 bits per heavy atom. The number of aliphatic carboxylic acids is 1. The molecule has 38 heavy (non-hydrogen) atoms. The first-order valence-electron chi connectivity index (χ1n) is 11.7. The topological polar surface area (TPSA) is 173 Å². The molecule has 1 unspecified atom stereocenters. The lowest BCUT2D eigenvalue weighted by molar-refractivity contribution is -0.192. The highest BCUT2D eigenvalue weighted by atomic mass is 32.2. The number of hydrogen-bond donors (Lipinski definition) is 4. The summed E-state index contributed by atoms with van der Waals surface area (Å²) in [6.45, 7) is 3.72. The molecule has 0 aliphatic heterocycles. The number of imidazole rings is 1. The molecule has 15 heteroatoms. The van der Waals surface area contributed by atoms with Gasteiger partial charge in [-0.05, 0) is 62.6 Å². The number of alkyl halides is 3. The maximum absolute atomic E-state index is 13.3. The van der Waals surface area contributed by atoms with Crippen LogP contribution >= 0.6 is 0 Å². The first-order chi connectivity index (χ1) is 17.6. The molecule has 1 atom stereocenters. The van der Waals surface area contributed by atoms with Crippen molar-refractivity contribution in [2.45, 2.75) is 68.7 Å². The Hall–Kier alpha value is -3.30. The zero-order valence-electron chi connectivity index (χ0n) is 20.5. The van der Waals surface area contributed by atoms with Crippen molar-refractivity contribution >= 4 is 27.5 Å². The van der Waals surface area contributed by atoms with Crippen LogP contribution in [0, 0.1) is 12.3 Å². The van der Waals surface area contributed by atoms with E-state index in [2.05, 4.69) is 19.8 Å². The van der Waals surface area contributed by atoms with Gasteiger partial charge in [-0.15, -0.1) is 0 Å². The standard InChI is InChI=1S/C21H26N6O3S.C2HF3O2/c1-13-4-5-15(8-16(13)17-9-23-19-18(22)24-12-25-27(17)19)31(29,30)26-21-7-3-6-20(10-21,11-21)14(2)28;3-2(4,5)1(6)7/h4-5,8-9,12,14,26,28H,3,6-7,10-11H2,1-2H3,(H2,22,24,25);(H,6,7). The number of nitrogens with zero attached hydrogens (tertiary/aromatic N) is 4. The number of aryl methyl sites for hydroxylation is 1. The lowest BCUT2D eigenvalue weighted by atomic mass is 9.48. The number of rotatable bonds is 5. The molecule has 5 N–H and O–H groups in total. The van der Waals surface area contributed by atoms with Gasteiger partial charge in [0.05, 0.1) is 22.9 Å². The number of fused-ring (bicyclic) bond motifs is 3. The monoisotopic (exact) mass is 556 g/mol. The van der Waals surface area contributed by atoms with Crippen molar-refractivity contribution < 1.29 is 36.6 Å². The van der Waals surface area contributed by atoms with Gasteiger partial charge in [0.15, 0.2) is 11.5 Å². The molecule has 206 valence electrons. The Morgan fingerprint density at radius 3 is 2.50 bits per heavy atom. The molecule has 11 nitrogen and oxygen atoms in total. The average Bonchev–Trinajstić information content (AvgIpc) is 3.23. The van der Waals surface area contributed by atoms with Gasteiger partial charge in [-0.2, -0.15) is 18.3 Å². The molecular formula is C23H27F3N6O5S. The lowest BCUT2D eigenvalue weighted by Crippen LogP contribution is -2.67. The molecule has 6 rings (SSSR count). The first-order valence-corrected chi connectivity index (χ1v) is 13.1. The quantitative estimate of drug-likeness (QED) is 0.368. The van der Waals surface area contributed by atoms with Crippen molar-refractivity contribution in [3.05, 3.63) is 36.3 Å². The summed E-state index contributed by atoms with van der Waals surface area (Å²) in [4.78, 5) is 17.3. The molecule has 3 saturated carbocycles. The van der Waals surface area contributed by atoms with Gasteiger partial charge in [-0.25, -0.2) is 32.4 Å². The number of nitrogens with two attached hydrogens (primary N) is 1. The second-order valence-electron chi connectivity index (χ2n) is 9.94. The van der Waals surface area contributed by atoms with Crippen molar-refractivity contribution in [2.75, 3.05) is 5.73 Å². The lowest BCUT2D eigenvalue weighted by Gasteiger charge is -2.62. The van der Waals surface area contributed by atoms with Crippen molar-refractivity contribution in [3.8, 4) is 11.3 Å². The van der Waals surface area contributed by atoms with Gasteiger partial charge >= 0.3 is 12.1 Å². The highest BCUT2D eigenvalue weighted by Gasteiger charge is 2.60. The van der Waals surface area contributed by atoms with E-state index in [0.717, 1.165) is 24.8 Å².